The van der Waals surface area contributed by atoms with E-state index in [1.807, 2.05) is 54.3 Å². The molecule has 6 nitrogen and oxygen atoms in total. The lowest BCUT2D eigenvalue weighted by Gasteiger charge is -2.34. The summed E-state index contributed by atoms with van der Waals surface area (Å²) in [7, 11) is 0. The summed E-state index contributed by atoms with van der Waals surface area (Å²) in [4.78, 5) is 17.0. The molecular weight excluding hydrogens is 400 g/mol. The Morgan fingerprint density at radius 3 is 2.63 bits per heavy atom. The van der Waals surface area contributed by atoms with Gasteiger partial charge in [-0.15, -0.1) is 0 Å². The Morgan fingerprint density at radius 2 is 1.87 bits per heavy atom. The molecule has 0 spiro atoms. The number of ether oxygens (including phenoxy) is 1. The first kappa shape index (κ1) is 20.4. The van der Waals surface area contributed by atoms with Crippen LogP contribution in [0.4, 0.5) is 0 Å². The number of hydrogen-bond donors (Lipinski definition) is 0. The van der Waals surface area contributed by atoms with Gasteiger partial charge in [-0.1, -0.05) is 41.9 Å². The molecule has 0 unspecified atom stereocenters. The number of aromatic nitrogens is 2. The van der Waals surface area contributed by atoms with Crippen molar-refractivity contribution in [2.75, 3.05) is 26.2 Å². The first-order valence-electron chi connectivity index (χ1n) is 10.1. The molecule has 156 valence electrons. The fraction of sp³-hybridized carbons (Fsp3) is 0.304. The van der Waals surface area contributed by atoms with Gasteiger partial charge >= 0.3 is 0 Å². The van der Waals surface area contributed by atoms with Crippen molar-refractivity contribution in [3.63, 3.8) is 0 Å². The van der Waals surface area contributed by atoms with Crippen LogP contribution in [-0.2, 0) is 13.3 Å². The summed E-state index contributed by atoms with van der Waals surface area (Å²) >= 11 is 6.07. The third kappa shape index (κ3) is 5.01. The van der Waals surface area contributed by atoms with Crippen LogP contribution < -0.4 is 4.74 Å². The third-order valence-corrected chi connectivity index (χ3v) is 5.50. The van der Waals surface area contributed by atoms with Crippen molar-refractivity contribution >= 4 is 17.5 Å². The minimum Gasteiger partial charge on any atom is -0.471 e. The van der Waals surface area contributed by atoms with Gasteiger partial charge in [0.1, 0.15) is 5.75 Å². The molecule has 0 atom stereocenters. The van der Waals surface area contributed by atoms with Crippen molar-refractivity contribution in [2.24, 2.45) is 0 Å². The van der Waals surface area contributed by atoms with Crippen molar-refractivity contribution in [3.8, 4) is 5.75 Å². The average molecular weight is 425 g/mol. The summed E-state index contributed by atoms with van der Waals surface area (Å²) < 4.78 is 7.45. The molecule has 30 heavy (non-hydrogen) atoms. The van der Waals surface area contributed by atoms with Crippen LogP contribution in [0.3, 0.4) is 0 Å². The topological polar surface area (TPSA) is 50.6 Å². The predicted molar refractivity (Wildman–Crippen MR) is 117 cm³/mol. The minimum atomic E-state index is -0.0351. The number of benzene rings is 2. The lowest BCUT2D eigenvalue weighted by atomic mass is 10.2. The Morgan fingerprint density at radius 1 is 1.07 bits per heavy atom. The van der Waals surface area contributed by atoms with Crippen LogP contribution in [-0.4, -0.2) is 51.7 Å². The SMILES string of the molecule is Cc1ccccc1OCn1ccc(C(=O)N2CCN(Cc3cccc(Cl)c3)CC2)n1. The fourth-order valence-electron chi connectivity index (χ4n) is 3.57. The van der Waals surface area contributed by atoms with Gasteiger partial charge in [-0.05, 0) is 42.3 Å². The van der Waals surface area contributed by atoms with Gasteiger partial charge in [0, 0.05) is 43.9 Å². The van der Waals surface area contributed by atoms with E-state index in [4.69, 9.17) is 16.3 Å². The van der Waals surface area contributed by atoms with Crippen LogP contribution in [0.15, 0.2) is 60.8 Å². The van der Waals surface area contributed by atoms with Gasteiger partial charge in [0.25, 0.3) is 5.91 Å². The van der Waals surface area contributed by atoms with E-state index in [-0.39, 0.29) is 12.6 Å². The van der Waals surface area contributed by atoms with Crippen LogP contribution in [0, 0.1) is 6.92 Å². The molecule has 0 bridgehead atoms. The maximum absolute atomic E-state index is 12.8. The lowest BCUT2D eigenvalue weighted by molar-refractivity contribution is 0.0621. The van der Waals surface area contributed by atoms with Gasteiger partial charge in [-0.3, -0.25) is 9.69 Å². The molecule has 7 heteroatoms. The fourth-order valence-corrected chi connectivity index (χ4v) is 3.78. The van der Waals surface area contributed by atoms with Crippen molar-refractivity contribution in [2.45, 2.75) is 20.2 Å². The maximum atomic E-state index is 12.8. The van der Waals surface area contributed by atoms with Crippen LogP contribution in [0.2, 0.25) is 5.02 Å². The molecular formula is C23H25ClN4O2. The molecule has 0 radical (unpaired) electrons. The molecule has 3 aromatic rings. The first-order valence-corrected chi connectivity index (χ1v) is 10.4. The second kappa shape index (κ2) is 9.32. The number of aryl methyl sites for hydroxylation is 1. The van der Waals surface area contributed by atoms with Crippen molar-refractivity contribution < 1.29 is 9.53 Å². The van der Waals surface area contributed by atoms with Crippen molar-refractivity contribution in [1.29, 1.82) is 0 Å². The third-order valence-electron chi connectivity index (χ3n) is 5.26. The van der Waals surface area contributed by atoms with E-state index >= 15 is 0 Å². The van der Waals surface area contributed by atoms with E-state index in [9.17, 15) is 4.79 Å². The molecule has 1 fully saturated rings. The van der Waals surface area contributed by atoms with Crippen molar-refractivity contribution in [1.82, 2.24) is 19.6 Å². The molecule has 0 aliphatic carbocycles. The van der Waals surface area contributed by atoms with Gasteiger partial charge in [-0.25, -0.2) is 4.68 Å². The standard InChI is InChI=1S/C23H25ClN4O2/c1-18-5-2-3-8-22(18)30-17-28-10-9-21(25-28)23(29)27-13-11-26(12-14-27)16-19-6-4-7-20(24)15-19/h2-10,15H,11-14,16-17H2,1H3. The number of carbonyl (C=O) groups is 1. The predicted octanol–water partition coefficient (Wildman–Crippen LogP) is 3.84. The number of nitrogens with zero attached hydrogens (tertiary/aromatic N) is 4. The normalized spacial score (nSPS) is 14.7. The largest absolute Gasteiger partial charge is 0.471 e. The van der Waals surface area contributed by atoms with Gasteiger partial charge in [0.05, 0.1) is 0 Å². The zero-order valence-corrected chi connectivity index (χ0v) is 17.8. The smallest absolute Gasteiger partial charge is 0.274 e. The number of hydrogen-bond acceptors (Lipinski definition) is 4. The Labute approximate surface area is 181 Å². The second-order valence-electron chi connectivity index (χ2n) is 7.48. The molecule has 1 saturated heterocycles. The number of carbonyl (C=O) groups excluding carboxylic acids is 1. The summed E-state index contributed by atoms with van der Waals surface area (Å²) in [6.45, 7) is 6.14. The summed E-state index contributed by atoms with van der Waals surface area (Å²) in [6.07, 6.45) is 1.78. The summed E-state index contributed by atoms with van der Waals surface area (Å²) in [5.41, 5.74) is 2.71. The second-order valence-corrected chi connectivity index (χ2v) is 7.91. The molecule has 1 aliphatic heterocycles. The van der Waals surface area contributed by atoms with Crippen LogP contribution in [0.1, 0.15) is 21.6 Å². The van der Waals surface area contributed by atoms with Crippen molar-refractivity contribution in [3.05, 3.63) is 82.6 Å². The van der Waals surface area contributed by atoms with Gasteiger partial charge in [-0.2, -0.15) is 5.10 Å². The van der Waals surface area contributed by atoms with Crippen LogP contribution >= 0.6 is 11.6 Å². The van der Waals surface area contributed by atoms with Gasteiger partial charge in [0.15, 0.2) is 12.4 Å². The van der Waals surface area contributed by atoms with Gasteiger partial charge in [0.2, 0.25) is 0 Å². The molecule has 2 aromatic carbocycles. The quantitative estimate of drug-likeness (QED) is 0.603. The number of rotatable bonds is 6. The summed E-state index contributed by atoms with van der Waals surface area (Å²) in [5.74, 6) is 0.781. The van der Waals surface area contributed by atoms with E-state index in [0.717, 1.165) is 36.0 Å². The number of amides is 1. The Balaban J connectivity index is 1.29. The van der Waals surface area contributed by atoms with E-state index < -0.39 is 0 Å². The van der Waals surface area contributed by atoms with E-state index in [0.29, 0.717) is 18.8 Å². The summed E-state index contributed by atoms with van der Waals surface area (Å²) in [5, 5.41) is 5.15. The minimum absolute atomic E-state index is 0.0351. The van der Waals surface area contributed by atoms with Gasteiger partial charge < -0.3 is 9.64 Å². The first-order chi connectivity index (χ1) is 14.6. The molecule has 1 aliphatic rings. The highest BCUT2D eigenvalue weighted by Gasteiger charge is 2.23. The van der Waals surface area contributed by atoms with Crippen LogP contribution in [0.5, 0.6) is 5.75 Å². The maximum Gasteiger partial charge on any atom is 0.274 e. The Kier molecular flexibility index (Phi) is 6.35. The Bertz CT molecular complexity index is 1010. The van der Waals surface area contributed by atoms with E-state index in [1.165, 1.54) is 5.56 Å². The Hall–Kier alpha value is -2.83. The number of piperazine rings is 1. The lowest BCUT2D eigenvalue weighted by Crippen LogP contribution is -2.48. The molecule has 0 saturated carbocycles. The average Bonchev–Trinajstić information content (AvgIpc) is 3.22. The van der Waals surface area contributed by atoms with E-state index in [2.05, 4.69) is 16.1 Å². The molecule has 0 N–H and O–H groups in total. The van der Waals surface area contributed by atoms with Crippen LogP contribution in [0.25, 0.3) is 0 Å². The highest BCUT2D eigenvalue weighted by Crippen LogP contribution is 2.17. The van der Waals surface area contributed by atoms with E-state index in [1.54, 1.807) is 16.9 Å². The molecule has 2 heterocycles. The number of para-hydroxylation sites is 1. The zero-order chi connectivity index (χ0) is 20.9. The molecule has 4 rings (SSSR count). The highest BCUT2D eigenvalue weighted by molar-refractivity contribution is 6.30. The highest BCUT2D eigenvalue weighted by atomic mass is 35.5. The number of halogens is 1. The monoisotopic (exact) mass is 424 g/mol. The summed E-state index contributed by atoms with van der Waals surface area (Å²) in [6, 6.07) is 17.5. The molecule has 1 amide bonds. The zero-order valence-electron chi connectivity index (χ0n) is 17.0. The molecule has 1 aromatic heterocycles.